The number of rotatable bonds is 2. The number of hydrogen-bond acceptors (Lipinski definition) is 4. The minimum absolute atomic E-state index is 0.733. The second-order valence-electron chi connectivity index (χ2n) is 4.32. The third-order valence-electron chi connectivity index (χ3n) is 2.94. The molecule has 0 N–H and O–H groups in total. The van der Waals surface area contributed by atoms with E-state index >= 15 is 0 Å². The Morgan fingerprint density at radius 2 is 1.79 bits per heavy atom. The van der Waals surface area contributed by atoms with Gasteiger partial charge in [-0.1, -0.05) is 35.5 Å². The van der Waals surface area contributed by atoms with E-state index in [1.165, 1.54) is 0 Å². The highest BCUT2D eigenvalue weighted by Crippen LogP contribution is 2.32. The molecular formula is C15H13N3O. The van der Waals surface area contributed by atoms with Crippen LogP contribution in [0.2, 0.25) is 0 Å². The molecule has 1 aromatic carbocycles. The van der Waals surface area contributed by atoms with Crippen LogP contribution < -0.4 is 0 Å². The van der Waals surface area contributed by atoms with Gasteiger partial charge in [-0.25, -0.2) is 9.97 Å². The topological polar surface area (TPSA) is 51.8 Å². The van der Waals surface area contributed by atoms with E-state index in [9.17, 15) is 0 Å². The molecule has 0 aliphatic carbocycles. The Hall–Kier alpha value is -2.49. The molecule has 0 saturated heterocycles. The highest BCUT2D eigenvalue weighted by molar-refractivity contribution is 5.79. The van der Waals surface area contributed by atoms with E-state index in [0.29, 0.717) is 0 Å². The van der Waals surface area contributed by atoms with E-state index in [0.717, 1.165) is 34.1 Å². The average Bonchev–Trinajstić information content (AvgIpc) is 2.82. The van der Waals surface area contributed by atoms with E-state index in [4.69, 9.17) is 4.52 Å². The second kappa shape index (κ2) is 4.65. The van der Waals surface area contributed by atoms with Crippen molar-refractivity contribution in [1.29, 1.82) is 0 Å². The van der Waals surface area contributed by atoms with Crippen molar-refractivity contribution >= 4 is 0 Å². The van der Waals surface area contributed by atoms with Crippen LogP contribution in [0.15, 0.2) is 47.1 Å². The van der Waals surface area contributed by atoms with Crippen LogP contribution >= 0.6 is 0 Å². The molecule has 2 aromatic heterocycles. The van der Waals surface area contributed by atoms with Crippen LogP contribution in [0.4, 0.5) is 0 Å². The molecule has 0 bridgehead atoms. The van der Waals surface area contributed by atoms with Crippen molar-refractivity contribution in [3.8, 4) is 22.5 Å². The van der Waals surface area contributed by atoms with Gasteiger partial charge in [0, 0.05) is 11.8 Å². The average molecular weight is 251 g/mol. The Morgan fingerprint density at radius 1 is 1.00 bits per heavy atom. The van der Waals surface area contributed by atoms with Crippen LogP contribution in [0.25, 0.3) is 22.5 Å². The van der Waals surface area contributed by atoms with Gasteiger partial charge < -0.3 is 4.52 Å². The lowest BCUT2D eigenvalue weighted by molar-refractivity contribution is 0.400. The molecule has 0 amide bonds. The van der Waals surface area contributed by atoms with Crippen LogP contribution in [0.5, 0.6) is 0 Å². The van der Waals surface area contributed by atoms with E-state index in [1.807, 2.05) is 50.2 Å². The SMILES string of the molecule is Cc1nccc(-c2c(-c3ccccc3)noc2C)n1. The highest BCUT2D eigenvalue weighted by Gasteiger charge is 2.17. The lowest BCUT2D eigenvalue weighted by atomic mass is 10.0. The molecule has 4 heteroatoms. The molecule has 0 fully saturated rings. The molecule has 0 saturated carbocycles. The summed E-state index contributed by atoms with van der Waals surface area (Å²) in [4.78, 5) is 8.57. The van der Waals surface area contributed by atoms with Crippen molar-refractivity contribution in [2.45, 2.75) is 13.8 Å². The van der Waals surface area contributed by atoms with Crippen LogP contribution in [-0.4, -0.2) is 15.1 Å². The van der Waals surface area contributed by atoms with Crippen molar-refractivity contribution < 1.29 is 4.52 Å². The standard InChI is InChI=1S/C15H13N3O/c1-10-14(13-8-9-16-11(2)17-13)15(18-19-10)12-6-4-3-5-7-12/h3-9H,1-2H3. The number of aromatic nitrogens is 3. The molecule has 0 spiro atoms. The quantitative estimate of drug-likeness (QED) is 0.700. The number of nitrogens with zero attached hydrogens (tertiary/aromatic N) is 3. The Kier molecular flexibility index (Phi) is 2.83. The molecule has 0 atom stereocenters. The second-order valence-corrected chi connectivity index (χ2v) is 4.32. The van der Waals surface area contributed by atoms with Gasteiger partial charge in [-0.05, 0) is 19.9 Å². The first-order chi connectivity index (χ1) is 9.25. The fraction of sp³-hybridized carbons (Fsp3) is 0.133. The minimum atomic E-state index is 0.733. The molecule has 3 aromatic rings. The zero-order chi connectivity index (χ0) is 13.2. The van der Waals surface area contributed by atoms with Gasteiger partial charge in [-0.2, -0.15) is 0 Å². The van der Waals surface area contributed by atoms with Crippen molar-refractivity contribution in [1.82, 2.24) is 15.1 Å². The predicted molar refractivity (Wildman–Crippen MR) is 72.4 cm³/mol. The lowest BCUT2D eigenvalue weighted by Crippen LogP contribution is -1.91. The van der Waals surface area contributed by atoms with Crippen LogP contribution in [-0.2, 0) is 0 Å². The molecule has 0 radical (unpaired) electrons. The zero-order valence-electron chi connectivity index (χ0n) is 10.8. The first-order valence-electron chi connectivity index (χ1n) is 6.07. The summed E-state index contributed by atoms with van der Waals surface area (Å²) in [5, 5.41) is 4.16. The van der Waals surface area contributed by atoms with Gasteiger partial charge in [-0.15, -0.1) is 0 Å². The van der Waals surface area contributed by atoms with Gasteiger partial charge in [0.15, 0.2) is 0 Å². The molecule has 94 valence electrons. The summed E-state index contributed by atoms with van der Waals surface area (Å²) >= 11 is 0. The normalized spacial score (nSPS) is 10.6. The summed E-state index contributed by atoms with van der Waals surface area (Å²) in [5.74, 6) is 1.49. The van der Waals surface area contributed by atoms with Gasteiger partial charge in [0.1, 0.15) is 17.3 Å². The molecule has 3 rings (SSSR count). The first kappa shape index (κ1) is 11.6. The maximum atomic E-state index is 5.33. The molecule has 0 unspecified atom stereocenters. The Balaban J connectivity index is 2.20. The number of benzene rings is 1. The van der Waals surface area contributed by atoms with Crippen molar-refractivity contribution in [2.75, 3.05) is 0 Å². The summed E-state index contributed by atoms with van der Waals surface area (Å²) in [7, 11) is 0. The number of aryl methyl sites for hydroxylation is 2. The van der Waals surface area contributed by atoms with Gasteiger partial charge in [-0.3, -0.25) is 0 Å². The fourth-order valence-corrected chi connectivity index (χ4v) is 2.06. The molecule has 0 aliphatic rings. The summed E-state index contributed by atoms with van der Waals surface area (Å²) in [6, 6.07) is 11.8. The molecule has 0 aliphatic heterocycles. The smallest absolute Gasteiger partial charge is 0.143 e. The summed E-state index contributed by atoms with van der Waals surface area (Å²) in [5.41, 5.74) is 3.60. The van der Waals surface area contributed by atoms with E-state index < -0.39 is 0 Å². The van der Waals surface area contributed by atoms with Crippen LogP contribution in [0, 0.1) is 13.8 Å². The molecular weight excluding hydrogens is 238 g/mol. The maximum Gasteiger partial charge on any atom is 0.143 e. The maximum absolute atomic E-state index is 5.33. The number of hydrogen-bond donors (Lipinski definition) is 0. The third kappa shape index (κ3) is 2.12. The zero-order valence-corrected chi connectivity index (χ0v) is 10.8. The first-order valence-corrected chi connectivity index (χ1v) is 6.07. The van der Waals surface area contributed by atoms with Crippen LogP contribution in [0.3, 0.4) is 0 Å². The Bertz CT molecular complexity index is 704. The van der Waals surface area contributed by atoms with Crippen molar-refractivity contribution in [3.63, 3.8) is 0 Å². The Labute approximate surface area is 111 Å². The van der Waals surface area contributed by atoms with Gasteiger partial charge in [0.2, 0.25) is 0 Å². The van der Waals surface area contributed by atoms with Gasteiger partial charge in [0.25, 0.3) is 0 Å². The van der Waals surface area contributed by atoms with Crippen LogP contribution in [0.1, 0.15) is 11.6 Å². The van der Waals surface area contributed by atoms with E-state index in [2.05, 4.69) is 15.1 Å². The van der Waals surface area contributed by atoms with E-state index in [1.54, 1.807) is 6.20 Å². The highest BCUT2D eigenvalue weighted by atomic mass is 16.5. The largest absolute Gasteiger partial charge is 0.360 e. The van der Waals surface area contributed by atoms with E-state index in [-0.39, 0.29) is 0 Å². The fourth-order valence-electron chi connectivity index (χ4n) is 2.06. The monoisotopic (exact) mass is 251 g/mol. The van der Waals surface area contributed by atoms with Gasteiger partial charge >= 0.3 is 0 Å². The minimum Gasteiger partial charge on any atom is -0.360 e. The third-order valence-corrected chi connectivity index (χ3v) is 2.94. The van der Waals surface area contributed by atoms with Gasteiger partial charge in [0.05, 0.1) is 11.3 Å². The Morgan fingerprint density at radius 3 is 2.53 bits per heavy atom. The van der Waals surface area contributed by atoms with Crippen molar-refractivity contribution in [3.05, 3.63) is 54.2 Å². The van der Waals surface area contributed by atoms with Crippen molar-refractivity contribution in [2.24, 2.45) is 0 Å². The lowest BCUT2D eigenvalue weighted by Gasteiger charge is -2.02. The molecule has 2 heterocycles. The summed E-state index contributed by atoms with van der Waals surface area (Å²) < 4.78 is 5.33. The summed E-state index contributed by atoms with van der Waals surface area (Å²) in [6.07, 6.45) is 1.75. The molecule has 19 heavy (non-hydrogen) atoms. The molecule has 4 nitrogen and oxygen atoms in total. The predicted octanol–water partition coefficient (Wildman–Crippen LogP) is 3.42. The summed E-state index contributed by atoms with van der Waals surface area (Å²) in [6.45, 7) is 3.76.